The van der Waals surface area contributed by atoms with E-state index in [0.717, 1.165) is 36.6 Å². The number of nitrogens with zero attached hydrogens (tertiary/aromatic N) is 5. The zero-order valence-corrected chi connectivity index (χ0v) is 19.6. The minimum Gasteiger partial charge on any atom is -0.415 e. The summed E-state index contributed by atoms with van der Waals surface area (Å²) in [4.78, 5) is 32.6. The van der Waals surface area contributed by atoms with Crippen LogP contribution >= 0.6 is 0 Å². The van der Waals surface area contributed by atoms with Crippen molar-refractivity contribution in [2.75, 3.05) is 18.0 Å². The average molecular weight is 517 g/mol. The summed E-state index contributed by atoms with van der Waals surface area (Å²) in [6, 6.07) is 8.16. The first-order valence-electron chi connectivity index (χ1n) is 11.9. The fourth-order valence-corrected chi connectivity index (χ4v) is 4.69. The molecule has 0 radical (unpaired) electrons. The number of halogens is 4. The highest BCUT2D eigenvalue weighted by Crippen LogP contribution is 2.35. The Morgan fingerprint density at radius 1 is 1.14 bits per heavy atom. The number of carbonyl (C=O) groups is 2. The second-order valence-electron chi connectivity index (χ2n) is 9.30. The lowest BCUT2D eigenvalue weighted by Crippen LogP contribution is -2.68. The van der Waals surface area contributed by atoms with Crippen LogP contribution in [-0.4, -0.2) is 50.7 Å². The van der Waals surface area contributed by atoms with Crippen LogP contribution in [0.3, 0.4) is 0 Å². The summed E-state index contributed by atoms with van der Waals surface area (Å²) in [6.45, 7) is -0.914. The Labute approximate surface area is 209 Å². The molecule has 2 aromatic heterocycles. The Morgan fingerprint density at radius 2 is 1.89 bits per heavy atom. The van der Waals surface area contributed by atoms with Crippen LogP contribution in [0, 0.1) is 11.7 Å². The fourth-order valence-electron chi connectivity index (χ4n) is 4.69. The number of benzene rings is 1. The van der Waals surface area contributed by atoms with Crippen molar-refractivity contribution in [3.8, 4) is 11.5 Å². The van der Waals surface area contributed by atoms with Crippen molar-refractivity contribution in [3.05, 3.63) is 60.0 Å². The number of anilines is 1. The summed E-state index contributed by atoms with van der Waals surface area (Å²) in [6.07, 6.45) is 1.84. The van der Waals surface area contributed by atoms with Gasteiger partial charge in [-0.15, -0.1) is 10.2 Å². The van der Waals surface area contributed by atoms with Crippen molar-refractivity contribution in [2.45, 2.75) is 44.3 Å². The third-order valence-electron chi connectivity index (χ3n) is 6.67. The highest BCUT2D eigenvalue weighted by atomic mass is 19.3. The molecule has 0 bridgehead atoms. The number of alkyl halides is 3. The molecule has 1 saturated heterocycles. The average Bonchev–Trinajstić information content (AvgIpc) is 3.58. The molecule has 0 atom stereocenters. The molecule has 1 aliphatic carbocycles. The van der Waals surface area contributed by atoms with Gasteiger partial charge in [-0.05, 0) is 43.2 Å². The molecule has 1 saturated carbocycles. The molecule has 2 aliphatic rings. The van der Waals surface area contributed by atoms with E-state index in [-0.39, 0.29) is 48.6 Å². The molecule has 0 N–H and O–H groups in total. The number of likely N-dealkylation sites (tertiary alicyclic amines) is 1. The van der Waals surface area contributed by atoms with Gasteiger partial charge in [0.2, 0.25) is 17.5 Å². The van der Waals surface area contributed by atoms with E-state index < -0.39 is 29.7 Å². The molecule has 0 spiro atoms. The SMILES string of the molecule is O=C(C1CCCC1)N1CC(F)(C(=O)N(Cc2ccc(-c3nnc(C(F)F)o3)cn2)c2cccc(F)c2)C1. The van der Waals surface area contributed by atoms with Gasteiger partial charge in [-0.3, -0.25) is 14.6 Å². The van der Waals surface area contributed by atoms with Gasteiger partial charge in [-0.25, -0.2) is 8.78 Å². The van der Waals surface area contributed by atoms with E-state index >= 15 is 4.39 Å². The highest BCUT2D eigenvalue weighted by Gasteiger charge is 2.54. The van der Waals surface area contributed by atoms with E-state index in [9.17, 15) is 22.8 Å². The molecular weight excluding hydrogens is 494 g/mol. The number of hydrogen-bond acceptors (Lipinski definition) is 6. The lowest BCUT2D eigenvalue weighted by atomic mass is 9.91. The summed E-state index contributed by atoms with van der Waals surface area (Å²) < 4.78 is 60.0. The van der Waals surface area contributed by atoms with Gasteiger partial charge >= 0.3 is 6.43 Å². The molecule has 3 heterocycles. The van der Waals surface area contributed by atoms with E-state index in [4.69, 9.17) is 4.42 Å². The lowest BCUT2D eigenvalue weighted by Gasteiger charge is -2.45. The molecule has 3 aromatic rings. The zero-order valence-electron chi connectivity index (χ0n) is 19.6. The maximum Gasteiger partial charge on any atom is 0.314 e. The number of carbonyl (C=O) groups excluding carboxylic acids is 2. The largest absolute Gasteiger partial charge is 0.415 e. The smallest absolute Gasteiger partial charge is 0.314 e. The van der Waals surface area contributed by atoms with E-state index in [1.165, 1.54) is 41.4 Å². The van der Waals surface area contributed by atoms with Gasteiger partial charge in [0.25, 0.3) is 11.8 Å². The molecule has 12 heteroatoms. The molecule has 2 fully saturated rings. The fraction of sp³-hybridized carbons (Fsp3) is 0.400. The first-order valence-corrected chi connectivity index (χ1v) is 11.9. The van der Waals surface area contributed by atoms with Crippen molar-refractivity contribution < 1.29 is 31.6 Å². The first-order chi connectivity index (χ1) is 17.7. The van der Waals surface area contributed by atoms with Crippen molar-refractivity contribution in [3.63, 3.8) is 0 Å². The van der Waals surface area contributed by atoms with E-state index in [0.29, 0.717) is 5.69 Å². The molecular formula is C25H23F4N5O3. The number of pyridine rings is 1. The van der Waals surface area contributed by atoms with E-state index in [2.05, 4.69) is 15.2 Å². The second kappa shape index (κ2) is 9.91. The van der Waals surface area contributed by atoms with Crippen LogP contribution < -0.4 is 4.90 Å². The highest BCUT2D eigenvalue weighted by molar-refractivity contribution is 6.01. The van der Waals surface area contributed by atoms with Gasteiger partial charge in [0.05, 0.1) is 30.9 Å². The number of aromatic nitrogens is 3. The van der Waals surface area contributed by atoms with Gasteiger partial charge < -0.3 is 14.2 Å². The summed E-state index contributed by atoms with van der Waals surface area (Å²) in [5.41, 5.74) is -1.59. The monoisotopic (exact) mass is 517 g/mol. The maximum absolute atomic E-state index is 15.7. The molecule has 1 aromatic carbocycles. The number of rotatable bonds is 7. The molecule has 37 heavy (non-hydrogen) atoms. The predicted molar refractivity (Wildman–Crippen MR) is 122 cm³/mol. The topological polar surface area (TPSA) is 92.4 Å². The molecule has 194 valence electrons. The molecule has 0 unspecified atom stereocenters. The van der Waals surface area contributed by atoms with Gasteiger partial charge in [-0.1, -0.05) is 18.9 Å². The van der Waals surface area contributed by atoms with Crippen molar-refractivity contribution in [1.29, 1.82) is 0 Å². The van der Waals surface area contributed by atoms with E-state index in [1.807, 2.05) is 0 Å². The van der Waals surface area contributed by atoms with Gasteiger partial charge in [0.15, 0.2) is 0 Å². The lowest BCUT2D eigenvalue weighted by molar-refractivity contribution is -0.157. The maximum atomic E-state index is 15.7. The van der Waals surface area contributed by atoms with Crippen LogP contribution in [0.1, 0.15) is 43.7 Å². The minimum absolute atomic E-state index is 0.127. The standard InChI is InChI=1S/C25H23F4N5O3/c26-17-6-3-7-19(10-17)34(24(36)25(29)13-33(14-25)23(35)15-4-1-2-5-15)12-18-9-8-16(11-30-18)21-31-32-22(37-21)20(27)28/h3,6-11,15,20H,1-2,4-5,12-14H2. The van der Waals surface area contributed by atoms with Crippen LogP contribution in [0.5, 0.6) is 0 Å². The van der Waals surface area contributed by atoms with Crippen LogP contribution in [0.2, 0.25) is 0 Å². The normalized spacial score (nSPS) is 17.2. The Kier molecular flexibility index (Phi) is 6.65. The molecule has 2 amide bonds. The van der Waals surface area contributed by atoms with Crippen molar-refractivity contribution in [1.82, 2.24) is 20.1 Å². The van der Waals surface area contributed by atoms with Gasteiger partial charge in [0.1, 0.15) is 5.82 Å². The van der Waals surface area contributed by atoms with Crippen LogP contribution in [0.15, 0.2) is 47.0 Å². The summed E-state index contributed by atoms with van der Waals surface area (Å²) >= 11 is 0. The predicted octanol–water partition coefficient (Wildman–Crippen LogP) is 4.48. The molecule has 5 rings (SSSR count). The third-order valence-corrected chi connectivity index (χ3v) is 6.67. The van der Waals surface area contributed by atoms with Crippen LogP contribution in [0.25, 0.3) is 11.5 Å². The third kappa shape index (κ3) is 5.05. The number of amides is 2. The van der Waals surface area contributed by atoms with E-state index in [1.54, 1.807) is 0 Å². The molecule has 1 aliphatic heterocycles. The Hall–Kier alpha value is -3.83. The van der Waals surface area contributed by atoms with Crippen LogP contribution in [0.4, 0.5) is 23.2 Å². The summed E-state index contributed by atoms with van der Waals surface area (Å²) in [5.74, 6) is -2.75. The Bertz CT molecular complexity index is 1290. The molecule has 8 nitrogen and oxygen atoms in total. The van der Waals surface area contributed by atoms with Crippen molar-refractivity contribution in [2.24, 2.45) is 5.92 Å². The second-order valence-corrected chi connectivity index (χ2v) is 9.30. The quantitative estimate of drug-likeness (QED) is 0.429. The summed E-state index contributed by atoms with van der Waals surface area (Å²) in [5, 5.41) is 6.83. The number of hydrogen-bond donors (Lipinski definition) is 0. The van der Waals surface area contributed by atoms with Gasteiger partial charge in [0, 0.05) is 17.8 Å². The first kappa shape index (κ1) is 24.8. The zero-order chi connectivity index (χ0) is 26.2. The minimum atomic E-state index is -2.91. The van der Waals surface area contributed by atoms with Crippen molar-refractivity contribution >= 4 is 17.5 Å². The Balaban J connectivity index is 1.34. The van der Waals surface area contributed by atoms with Gasteiger partial charge in [-0.2, -0.15) is 8.78 Å². The Morgan fingerprint density at radius 3 is 2.51 bits per heavy atom. The van der Waals surface area contributed by atoms with Crippen LogP contribution in [-0.2, 0) is 16.1 Å². The summed E-state index contributed by atoms with van der Waals surface area (Å²) in [7, 11) is 0.